The highest BCUT2D eigenvalue weighted by Crippen LogP contribution is 2.44. The molecule has 2 aliphatic rings. The van der Waals surface area contributed by atoms with E-state index in [4.69, 9.17) is 4.74 Å². The van der Waals surface area contributed by atoms with Crippen LogP contribution in [0.4, 0.5) is 4.39 Å². The number of hydrogen-bond acceptors (Lipinski definition) is 4. The molecule has 1 saturated carbocycles. The van der Waals surface area contributed by atoms with Gasteiger partial charge in [0.15, 0.2) is 0 Å². The molecule has 4 rings (SSSR count). The van der Waals surface area contributed by atoms with Crippen LogP contribution in [0.5, 0.6) is 5.75 Å². The lowest BCUT2D eigenvalue weighted by Gasteiger charge is -2.46. The highest BCUT2D eigenvalue weighted by atomic mass is 35.5. The molecule has 0 amide bonds. The van der Waals surface area contributed by atoms with Crippen molar-refractivity contribution in [2.24, 2.45) is 0 Å². The lowest BCUT2D eigenvalue weighted by Crippen LogP contribution is -2.51. The first kappa shape index (κ1) is 25.9. The fourth-order valence-electron chi connectivity index (χ4n) is 4.50. The number of alkyl halides is 1. The summed E-state index contributed by atoms with van der Waals surface area (Å²) in [6.07, 6.45) is 2.88. The standard InChI is InChI=1S/C24H31FN2O2.2ClH/c1-26-12-14-27(15-13-26)17-23(24(28)10-3-11-24)20-8-6-19(7-9-20)21-4-2-5-22(16-21)29-18-25;;/h2,4-9,16,23,28H,3,10-15,17-18H2,1H3;2*1H. The molecule has 1 heterocycles. The van der Waals surface area contributed by atoms with E-state index in [0.29, 0.717) is 5.75 Å². The lowest BCUT2D eigenvalue weighted by atomic mass is 9.68. The molecule has 0 bridgehead atoms. The van der Waals surface area contributed by atoms with Gasteiger partial charge in [-0.3, -0.25) is 0 Å². The SMILES string of the molecule is CN1CCN(CC(c2ccc(-c3cccc(OCF)c3)cc2)C2(O)CCC2)CC1.Cl.Cl. The molecule has 2 fully saturated rings. The van der Waals surface area contributed by atoms with E-state index < -0.39 is 12.5 Å². The number of rotatable bonds is 7. The van der Waals surface area contributed by atoms with Gasteiger partial charge in [-0.2, -0.15) is 0 Å². The Bertz CT molecular complexity index is 809. The fraction of sp³-hybridized carbons (Fsp3) is 0.500. The van der Waals surface area contributed by atoms with Crippen LogP contribution in [0.1, 0.15) is 30.7 Å². The third-order valence-electron chi connectivity index (χ3n) is 6.61. The summed E-state index contributed by atoms with van der Waals surface area (Å²) in [5.74, 6) is 0.667. The van der Waals surface area contributed by atoms with E-state index in [1.807, 2.05) is 18.2 Å². The number of piperazine rings is 1. The van der Waals surface area contributed by atoms with E-state index in [-0.39, 0.29) is 30.7 Å². The van der Waals surface area contributed by atoms with Crippen molar-refractivity contribution < 1.29 is 14.2 Å². The predicted molar refractivity (Wildman–Crippen MR) is 128 cm³/mol. The molecule has 0 spiro atoms. The van der Waals surface area contributed by atoms with Crippen LogP contribution in [-0.4, -0.2) is 67.1 Å². The van der Waals surface area contributed by atoms with Crippen LogP contribution in [-0.2, 0) is 0 Å². The van der Waals surface area contributed by atoms with Gasteiger partial charge in [0, 0.05) is 38.6 Å². The van der Waals surface area contributed by atoms with E-state index in [0.717, 1.165) is 63.1 Å². The van der Waals surface area contributed by atoms with Crippen molar-refractivity contribution >= 4 is 24.8 Å². The monoisotopic (exact) mass is 470 g/mol. The van der Waals surface area contributed by atoms with E-state index in [1.165, 1.54) is 5.56 Å². The van der Waals surface area contributed by atoms with Crippen molar-refractivity contribution in [3.05, 3.63) is 54.1 Å². The Morgan fingerprint density at radius 3 is 2.26 bits per heavy atom. The highest BCUT2D eigenvalue weighted by Gasteiger charge is 2.43. The zero-order valence-electron chi connectivity index (χ0n) is 18.0. The van der Waals surface area contributed by atoms with Gasteiger partial charge >= 0.3 is 0 Å². The second-order valence-corrected chi connectivity index (χ2v) is 8.52. The number of likely N-dealkylation sites (N-methyl/N-ethyl adjacent to an activating group) is 1. The lowest BCUT2D eigenvalue weighted by molar-refractivity contribution is -0.0665. The average molecular weight is 471 g/mol. The average Bonchev–Trinajstić information content (AvgIpc) is 2.72. The maximum Gasteiger partial charge on any atom is 0.228 e. The third kappa shape index (κ3) is 6.11. The van der Waals surface area contributed by atoms with Crippen LogP contribution in [0.15, 0.2) is 48.5 Å². The van der Waals surface area contributed by atoms with E-state index >= 15 is 0 Å². The van der Waals surface area contributed by atoms with Gasteiger partial charge in [-0.05, 0) is 55.1 Å². The number of ether oxygens (including phenoxy) is 1. The predicted octanol–water partition coefficient (Wildman–Crippen LogP) is 4.75. The summed E-state index contributed by atoms with van der Waals surface area (Å²) in [5, 5.41) is 11.2. The maximum atomic E-state index is 12.5. The number of hydrogen-bond donors (Lipinski definition) is 1. The van der Waals surface area contributed by atoms with Crippen LogP contribution in [0.25, 0.3) is 11.1 Å². The topological polar surface area (TPSA) is 35.9 Å². The van der Waals surface area contributed by atoms with E-state index in [9.17, 15) is 9.50 Å². The van der Waals surface area contributed by atoms with Gasteiger partial charge in [-0.25, -0.2) is 4.39 Å². The summed E-state index contributed by atoms with van der Waals surface area (Å²) >= 11 is 0. The molecule has 0 radical (unpaired) electrons. The summed E-state index contributed by atoms with van der Waals surface area (Å²) in [7, 11) is 2.17. The minimum Gasteiger partial charge on any atom is -0.463 e. The maximum absolute atomic E-state index is 12.5. The minimum absolute atomic E-state index is 0. The summed E-state index contributed by atoms with van der Waals surface area (Å²) in [6.45, 7) is 4.37. The van der Waals surface area contributed by atoms with Crippen molar-refractivity contribution in [1.82, 2.24) is 9.80 Å². The first-order chi connectivity index (χ1) is 14.1. The number of halogens is 3. The van der Waals surface area contributed by atoms with Gasteiger partial charge in [0.05, 0.1) is 5.60 Å². The molecule has 1 aliphatic carbocycles. The second-order valence-electron chi connectivity index (χ2n) is 8.52. The van der Waals surface area contributed by atoms with Crippen LogP contribution in [0, 0.1) is 0 Å². The minimum atomic E-state index is -0.824. The molecule has 2 aromatic rings. The van der Waals surface area contributed by atoms with Crippen LogP contribution < -0.4 is 4.74 Å². The molecule has 1 saturated heterocycles. The molecule has 172 valence electrons. The van der Waals surface area contributed by atoms with Crippen molar-refractivity contribution in [2.75, 3.05) is 46.6 Å². The van der Waals surface area contributed by atoms with Gasteiger partial charge in [0.25, 0.3) is 0 Å². The highest BCUT2D eigenvalue weighted by molar-refractivity contribution is 5.85. The summed E-state index contributed by atoms with van der Waals surface area (Å²) in [6, 6.07) is 16.0. The van der Waals surface area contributed by atoms with E-state index in [1.54, 1.807) is 6.07 Å². The van der Waals surface area contributed by atoms with Gasteiger partial charge in [-0.15, -0.1) is 24.8 Å². The Kier molecular flexibility index (Phi) is 9.59. The van der Waals surface area contributed by atoms with Crippen molar-refractivity contribution in [3.63, 3.8) is 0 Å². The van der Waals surface area contributed by atoms with Gasteiger partial charge in [-0.1, -0.05) is 36.4 Å². The molecule has 31 heavy (non-hydrogen) atoms. The Balaban J connectivity index is 0.00000171. The molecule has 1 N–H and O–H groups in total. The largest absolute Gasteiger partial charge is 0.463 e. The molecule has 1 aliphatic heterocycles. The normalized spacial score (nSPS) is 19.5. The van der Waals surface area contributed by atoms with Crippen LogP contribution in [0.2, 0.25) is 0 Å². The van der Waals surface area contributed by atoms with Gasteiger partial charge in [0.2, 0.25) is 6.86 Å². The van der Waals surface area contributed by atoms with Gasteiger partial charge < -0.3 is 19.6 Å². The van der Waals surface area contributed by atoms with Gasteiger partial charge in [0.1, 0.15) is 5.75 Å². The molecule has 0 aromatic heterocycles. The molecule has 1 atom stereocenters. The van der Waals surface area contributed by atoms with Crippen molar-refractivity contribution in [1.29, 1.82) is 0 Å². The van der Waals surface area contributed by atoms with Crippen molar-refractivity contribution in [2.45, 2.75) is 30.8 Å². The molecule has 2 aromatic carbocycles. The summed E-state index contributed by atoms with van der Waals surface area (Å²) < 4.78 is 17.4. The molecular formula is C24H33Cl2FN2O2. The molecule has 1 unspecified atom stereocenters. The number of aliphatic hydroxyl groups is 1. The number of benzene rings is 2. The number of nitrogens with zero attached hydrogens (tertiary/aromatic N) is 2. The summed E-state index contributed by atoms with van der Waals surface area (Å²) in [5.41, 5.74) is 2.68. The molecule has 7 heteroatoms. The Labute approximate surface area is 197 Å². The van der Waals surface area contributed by atoms with Crippen LogP contribution >= 0.6 is 24.8 Å². The first-order valence-corrected chi connectivity index (χ1v) is 10.6. The van der Waals surface area contributed by atoms with E-state index in [2.05, 4.69) is 41.1 Å². The zero-order valence-corrected chi connectivity index (χ0v) is 19.6. The molecule has 4 nitrogen and oxygen atoms in total. The van der Waals surface area contributed by atoms with Crippen molar-refractivity contribution in [3.8, 4) is 16.9 Å². The molecular weight excluding hydrogens is 438 g/mol. The fourth-order valence-corrected chi connectivity index (χ4v) is 4.50. The quantitative estimate of drug-likeness (QED) is 0.633. The Hall–Kier alpha value is -1.37. The summed E-state index contributed by atoms with van der Waals surface area (Å²) in [4.78, 5) is 4.85. The smallest absolute Gasteiger partial charge is 0.228 e. The Morgan fingerprint density at radius 1 is 1.00 bits per heavy atom. The van der Waals surface area contributed by atoms with Crippen LogP contribution in [0.3, 0.4) is 0 Å². The third-order valence-corrected chi connectivity index (χ3v) is 6.61. The second kappa shape index (κ2) is 11.5. The Morgan fingerprint density at radius 2 is 1.68 bits per heavy atom. The zero-order chi connectivity index (χ0) is 20.3. The first-order valence-electron chi connectivity index (χ1n) is 10.6.